The first-order chi connectivity index (χ1) is 16.7. The number of hydrogen-bond acceptors (Lipinski definition) is 7. The Kier molecular flexibility index (Phi) is 5.16. The van der Waals surface area contributed by atoms with Crippen LogP contribution in [0.25, 0.3) is 22.1 Å². The minimum absolute atomic E-state index is 0.122. The second-order valence-electron chi connectivity index (χ2n) is 7.48. The number of anilines is 1. The normalized spacial score (nSPS) is 11.7. The van der Waals surface area contributed by atoms with Gasteiger partial charge in [-0.25, -0.2) is 9.97 Å². The average Bonchev–Trinajstić information content (AvgIpc) is 3.21. The highest BCUT2D eigenvalue weighted by molar-refractivity contribution is 6.06. The zero-order valence-electron chi connectivity index (χ0n) is 17.8. The summed E-state index contributed by atoms with van der Waals surface area (Å²) in [4.78, 5) is 41.1. The van der Waals surface area contributed by atoms with Crippen molar-refractivity contribution < 1.29 is 22.8 Å². The number of carbonyl (C=O) groups is 1. The number of carbonyl (C=O) groups excluding carboxylic acids is 1. The van der Waals surface area contributed by atoms with Crippen LogP contribution in [0.2, 0.25) is 0 Å². The number of nitrogens with one attached hydrogen (secondary N) is 2. The summed E-state index contributed by atoms with van der Waals surface area (Å²) in [5.41, 5.74) is 0.245. The highest BCUT2D eigenvalue weighted by Gasteiger charge is 2.34. The number of halogens is 3. The van der Waals surface area contributed by atoms with Gasteiger partial charge in [-0.1, -0.05) is 4.85 Å². The lowest BCUT2D eigenvalue weighted by Gasteiger charge is -2.13. The van der Waals surface area contributed by atoms with Crippen LogP contribution in [-0.4, -0.2) is 36.0 Å². The molecule has 0 saturated heterocycles. The number of aryl methyl sites for hydroxylation is 1. The van der Waals surface area contributed by atoms with Gasteiger partial charge < -0.3 is 15.1 Å². The van der Waals surface area contributed by atoms with Gasteiger partial charge in [0.2, 0.25) is 11.2 Å². The third kappa shape index (κ3) is 4.26. The second-order valence-corrected chi connectivity index (χ2v) is 7.48. The Morgan fingerprint density at radius 1 is 1.14 bits per heavy atom. The summed E-state index contributed by atoms with van der Waals surface area (Å²) in [6, 6.07) is 11.0. The topological polar surface area (TPSA) is 128 Å². The van der Waals surface area contributed by atoms with Gasteiger partial charge in [0.1, 0.15) is 16.8 Å². The molecular weight excluding hydrogens is 467 g/mol. The van der Waals surface area contributed by atoms with E-state index in [-0.39, 0.29) is 16.8 Å². The Morgan fingerprint density at radius 3 is 2.77 bits per heavy atom. The van der Waals surface area contributed by atoms with Crippen molar-refractivity contribution in [1.82, 2.24) is 30.1 Å². The predicted molar refractivity (Wildman–Crippen MR) is 118 cm³/mol. The quantitative estimate of drug-likeness (QED) is 0.402. The summed E-state index contributed by atoms with van der Waals surface area (Å²) in [5.74, 6) is -1.42. The zero-order chi connectivity index (χ0) is 24.7. The zero-order valence-corrected chi connectivity index (χ0v) is 17.8. The molecule has 176 valence electrons. The van der Waals surface area contributed by atoms with Crippen molar-refractivity contribution >= 4 is 33.7 Å². The summed E-state index contributed by atoms with van der Waals surface area (Å²) in [7, 11) is 0. The molecule has 0 saturated carbocycles. The van der Waals surface area contributed by atoms with Crippen LogP contribution in [0.5, 0.6) is 5.88 Å². The summed E-state index contributed by atoms with van der Waals surface area (Å²) in [5, 5.41) is 10.8. The highest BCUT2D eigenvalue weighted by atomic mass is 19.4. The van der Waals surface area contributed by atoms with Crippen molar-refractivity contribution in [3.63, 3.8) is 0 Å². The van der Waals surface area contributed by atoms with Crippen molar-refractivity contribution in [3.05, 3.63) is 81.9 Å². The first-order valence-corrected chi connectivity index (χ1v) is 10.1. The van der Waals surface area contributed by atoms with Crippen LogP contribution in [0, 0.1) is 6.92 Å². The molecule has 0 aliphatic heterocycles. The molecular formula is C22H14F3N7O3. The number of aromatic amines is 1. The van der Waals surface area contributed by atoms with Crippen LogP contribution in [0.15, 0.2) is 59.5 Å². The van der Waals surface area contributed by atoms with Gasteiger partial charge in [-0.15, -0.1) is 5.10 Å². The van der Waals surface area contributed by atoms with Gasteiger partial charge in [0.15, 0.2) is 0 Å². The van der Waals surface area contributed by atoms with E-state index in [9.17, 15) is 22.8 Å². The van der Waals surface area contributed by atoms with Crippen molar-refractivity contribution in [3.8, 4) is 5.88 Å². The van der Waals surface area contributed by atoms with E-state index in [0.29, 0.717) is 33.7 Å². The van der Waals surface area contributed by atoms with Gasteiger partial charge in [0, 0.05) is 28.9 Å². The molecule has 1 aromatic carbocycles. The summed E-state index contributed by atoms with van der Waals surface area (Å²) in [6.45, 7) is 1.74. The van der Waals surface area contributed by atoms with Crippen molar-refractivity contribution in [2.24, 2.45) is 0 Å². The number of hydrogen-bond donors (Lipinski definition) is 2. The lowest BCUT2D eigenvalue weighted by atomic mass is 10.1. The lowest BCUT2D eigenvalue weighted by Crippen LogP contribution is -2.19. The number of amides is 1. The molecule has 0 aliphatic rings. The van der Waals surface area contributed by atoms with Gasteiger partial charge >= 0.3 is 6.18 Å². The minimum Gasteiger partial charge on any atom is -0.333 e. The maximum atomic E-state index is 13.3. The smallest absolute Gasteiger partial charge is 0.333 e. The van der Waals surface area contributed by atoms with Crippen LogP contribution in [-0.2, 0) is 6.18 Å². The number of alkyl halides is 3. The van der Waals surface area contributed by atoms with Gasteiger partial charge in [0.05, 0.1) is 0 Å². The number of pyridine rings is 3. The van der Waals surface area contributed by atoms with E-state index >= 15 is 0 Å². The third-order valence-corrected chi connectivity index (χ3v) is 5.06. The molecule has 1 amide bonds. The average molecular weight is 481 g/mol. The molecule has 0 atom stereocenters. The molecule has 10 nitrogen and oxygen atoms in total. The molecule has 5 aromatic rings. The van der Waals surface area contributed by atoms with Crippen molar-refractivity contribution in [2.45, 2.75) is 13.1 Å². The van der Waals surface area contributed by atoms with E-state index < -0.39 is 23.7 Å². The molecule has 0 spiro atoms. The van der Waals surface area contributed by atoms with Crippen LogP contribution in [0.3, 0.4) is 0 Å². The maximum absolute atomic E-state index is 13.3. The fourth-order valence-corrected chi connectivity index (χ4v) is 3.43. The third-order valence-electron chi connectivity index (χ3n) is 5.06. The Balaban J connectivity index is 1.52. The number of nitrogens with zero attached hydrogens (tertiary/aromatic N) is 5. The van der Waals surface area contributed by atoms with Crippen molar-refractivity contribution in [1.29, 1.82) is 0 Å². The largest absolute Gasteiger partial charge is 0.433 e. The number of fused-ring (bicyclic) bond motifs is 2. The van der Waals surface area contributed by atoms with Crippen LogP contribution < -0.4 is 15.7 Å². The monoisotopic (exact) mass is 481 g/mol. The van der Waals surface area contributed by atoms with E-state index in [1.807, 2.05) is 0 Å². The van der Waals surface area contributed by atoms with E-state index in [2.05, 4.69) is 30.6 Å². The Morgan fingerprint density at radius 2 is 1.97 bits per heavy atom. The van der Waals surface area contributed by atoms with E-state index in [1.165, 1.54) is 12.3 Å². The van der Waals surface area contributed by atoms with Gasteiger partial charge in [-0.3, -0.25) is 9.59 Å². The van der Waals surface area contributed by atoms with Gasteiger partial charge in [-0.05, 0) is 60.2 Å². The Labute approximate surface area is 193 Å². The standard InChI is InChI=1S/C22H14F3N7O3/c1-11-9-18(33)28-15-6-4-12(10-14(11)15)27-20(34)13-5-7-17(22(23,24)25)29-21(13)35-32-19-16(30-31-32)3-2-8-26-19/h2-10H,1H3,(H,27,34)(H,28,33). The summed E-state index contributed by atoms with van der Waals surface area (Å²) >= 11 is 0. The molecule has 0 radical (unpaired) electrons. The van der Waals surface area contributed by atoms with Gasteiger partial charge in [-0.2, -0.15) is 13.2 Å². The van der Waals surface area contributed by atoms with E-state index in [0.717, 1.165) is 10.9 Å². The number of benzene rings is 1. The fraction of sp³-hybridized carbons (Fsp3) is 0.0909. The fourth-order valence-electron chi connectivity index (χ4n) is 3.43. The number of aromatic nitrogens is 6. The molecule has 5 rings (SSSR count). The summed E-state index contributed by atoms with van der Waals surface area (Å²) in [6.07, 6.45) is -3.35. The minimum atomic E-state index is -4.78. The predicted octanol–water partition coefficient (Wildman–Crippen LogP) is 3.48. The van der Waals surface area contributed by atoms with Gasteiger partial charge in [0.25, 0.3) is 11.8 Å². The van der Waals surface area contributed by atoms with E-state index in [1.54, 1.807) is 37.3 Å². The van der Waals surface area contributed by atoms with Crippen molar-refractivity contribution in [2.75, 3.05) is 5.32 Å². The molecule has 35 heavy (non-hydrogen) atoms. The summed E-state index contributed by atoms with van der Waals surface area (Å²) < 4.78 is 39.9. The Hall–Kier alpha value is -4.81. The maximum Gasteiger partial charge on any atom is 0.433 e. The van der Waals surface area contributed by atoms with Crippen LogP contribution in [0.1, 0.15) is 21.6 Å². The lowest BCUT2D eigenvalue weighted by molar-refractivity contribution is -0.141. The SMILES string of the molecule is Cc1cc(=O)[nH]c2ccc(NC(=O)c3ccc(C(F)(F)F)nc3On3nnc4cccnc43)cc12. The van der Waals surface area contributed by atoms with E-state index in [4.69, 9.17) is 4.84 Å². The first-order valence-electron chi connectivity index (χ1n) is 10.1. The molecule has 0 fully saturated rings. The molecule has 0 bridgehead atoms. The molecule has 0 aliphatic carbocycles. The molecule has 4 heterocycles. The molecule has 2 N–H and O–H groups in total. The van der Waals surface area contributed by atoms with Crippen LogP contribution >= 0.6 is 0 Å². The first kappa shape index (κ1) is 22.0. The molecule has 4 aromatic heterocycles. The number of H-pyrrole nitrogens is 1. The second kappa shape index (κ2) is 8.20. The number of rotatable bonds is 4. The molecule has 0 unspecified atom stereocenters. The molecule has 13 heteroatoms. The van der Waals surface area contributed by atoms with Crippen LogP contribution in [0.4, 0.5) is 18.9 Å². The highest BCUT2D eigenvalue weighted by Crippen LogP contribution is 2.31. The Bertz CT molecular complexity index is 1660.